The summed E-state index contributed by atoms with van der Waals surface area (Å²) in [5, 5.41) is 12.9. The van der Waals surface area contributed by atoms with E-state index in [-0.39, 0.29) is 10.6 Å². The predicted molar refractivity (Wildman–Crippen MR) is 130 cm³/mol. The second-order valence-electron chi connectivity index (χ2n) is 8.64. The Balaban J connectivity index is 1.41. The lowest BCUT2D eigenvalue weighted by molar-refractivity contribution is -0.384. The quantitative estimate of drug-likeness (QED) is 0.439. The number of rotatable bonds is 5. The lowest BCUT2D eigenvalue weighted by Crippen LogP contribution is -2.47. The highest BCUT2D eigenvalue weighted by Gasteiger charge is 2.31. The van der Waals surface area contributed by atoms with E-state index >= 15 is 0 Å². The number of aromatic amines is 1. The highest BCUT2D eigenvalue weighted by atomic mass is 32.2. The number of H-pyrrole nitrogens is 1. The summed E-state index contributed by atoms with van der Waals surface area (Å²) >= 11 is 0. The second kappa shape index (κ2) is 8.82. The summed E-state index contributed by atoms with van der Waals surface area (Å²) in [6.45, 7) is 3.09. The molecule has 10 nitrogen and oxygen atoms in total. The molecule has 2 aliphatic rings. The molecule has 0 saturated carbocycles. The van der Waals surface area contributed by atoms with Crippen molar-refractivity contribution in [1.29, 1.82) is 0 Å². The number of benzene rings is 1. The van der Waals surface area contributed by atoms with E-state index in [0.29, 0.717) is 51.4 Å². The van der Waals surface area contributed by atoms with Crippen LogP contribution in [-0.4, -0.2) is 78.8 Å². The Morgan fingerprint density at radius 1 is 1.12 bits per heavy atom. The molecule has 2 aliphatic heterocycles. The molecule has 0 aliphatic carbocycles. The Morgan fingerprint density at radius 3 is 2.62 bits per heavy atom. The lowest BCUT2D eigenvalue weighted by atomic mass is 9.99. The molecule has 0 unspecified atom stereocenters. The third-order valence-corrected chi connectivity index (χ3v) is 8.49. The van der Waals surface area contributed by atoms with Crippen molar-refractivity contribution < 1.29 is 13.3 Å². The van der Waals surface area contributed by atoms with Crippen LogP contribution in [0, 0.1) is 10.1 Å². The molecule has 1 saturated heterocycles. The summed E-state index contributed by atoms with van der Waals surface area (Å²) in [4.78, 5) is 22.9. The minimum Gasteiger partial charge on any atom is -0.362 e. The van der Waals surface area contributed by atoms with Gasteiger partial charge in [0, 0.05) is 68.7 Å². The van der Waals surface area contributed by atoms with E-state index in [0.717, 1.165) is 22.2 Å². The third kappa shape index (κ3) is 4.06. The number of hydrogen-bond acceptors (Lipinski definition) is 7. The van der Waals surface area contributed by atoms with Gasteiger partial charge in [-0.2, -0.15) is 4.31 Å². The van der Waals surface area contributed by atoms with Gasteiger partial charge in [-0.25, -0.2) is 13.4 Å². The second-order valence-corrected chi connectivity index (χ2v) is 10.6. The Bertz CT molecular complexity index is 1380. The summed E-state index contributed by atoms with van der Waals surface area (Å²) in [6, 6.07) is 8.17. The fraction of sp³-hybridized carbons (Fsp3) is 0.348. The Kier molecular flexibility index (Phi) is 5.84. The van der Waals surface area contributed by atoms with Crippen molar-refractivity contribution >= 4 is 38.0 Å². The molecule has 3 aromatic rings. The summed E-state index contributed by atoms with van der Waals surface area (Å²) < 4.78 is 27.6. The number of sulfonamides is 1. The van der Waals surface area contributed by atoms with Crippen LogP contribution in [0.2, 0.25) is 0 Å². The average molecular weight is 483 g/mol. The van der Waals surface area contributed by atoms with Crippen molar-refractivity contribution in [1.82, 2.24) is 19.2 Å². The molecular weight excluding hydrogens is 456 g/mol. The van der Waals surface area contributed by atoms with Crippen LogP contribution in [0.15, 0.2) is 53.7 Å². The zero-order valence-electron chi connectivity index (χ0n) is 18.8. The zero-order chi connectivity index (χ0) is 23.9. The Hall–Kier alpha value is -3.28. The van der Waals surface area contributed by atoms with Crippen molar-refractivity contribution in [3.8, 4) is 0 Å². The van der Waals surface area contributed by atoms with E-state index in [1.807, 2.05) is 30.3 Å². The minimum absolute atomic E-state index is 0.0352. The first-order chi connectivity index (χ1) is 16.3. The molecule has 0 radical (unpaired) electrons. The highest BCUT2D eigenvalue weighted by molar-refractivity contribution is 7.89. The molecule has 1 aromatic carbocycles. The van der Waals surface area contributed by atoms with Crippen LogP contribution in [0.3, 0.4) is 0 Å². The van der Waals surface area contributed by atoms with Crippen LogP contribution in [0.1, 0.15) is 12.0 Å². The van der Waals surface area contributed by atoms with Crippen molar-refractivity contribution in [3.63, 3.8) is 0 Å². The number of nitro groups is 1. The van der Waals surface area contributed by atoms with Gasteiger partial charge >= 0.3 is 0 Å². The van der Waals surface area contributed by atoms with Gasteiger partial charge in [-0.1, -0.05) is 6.08 Å². The van der Waals surface area contributed by atoms with Crippen molar-refractivity contribution in [3.05, 3.63) is 64.5 Å². The van der Waals surface area contributed by atoms with Crippen LogP contribution in [0.25, 0.3) is 16.6 Å². The third-order valence-electron chi connectivity index (χ3n) is 6.59. The molecule has 2 aromatic heterocycles. The number of fused-ring (bicyclic) bond motifs is 1. The van der Waals surface area contributed by atoms with Gasteiger partial charge in [-0.05, 0) is 43.3 Å². The molecule has 0 spiro atoms. The summed E-state index contributed by atoms with van der Waals surface area (Å²) in [5.74, 6) is 0. The molecule has 0 amide bonds. The average Bonchev–Trinajstić information content (AvgIpc) is 3.28. The summed E-state index contributed by atoms with van der Waals surface area (Å²) in [7, 11) is -1.84. The first-order valence-corrected chi connectivity index (χ1v) is 12.6. The van der Waals surface area contributed by atoms with Crippen LogP contribution >= 0.6 is 0 Å². The number of aromatic nitrogens is 2. The number of likely N-dealkylation sites (N-methyl/N-ethyl adjacent to an activating group) is 1. The molecule has 178 valence electrons. The summed E-state index contributed by atoms with van der Waals surface area (Å²) in [6.07, 6.45) is 6.46. The van der Waals surface area contributed by atoms with Gasteiger partial charge in [0.2, 0.25) is 10.0 Å². The number of anilines is 1. The van der Waals surface area contributed by atoms with Crippen LogP contribution in [0.5, 0.6) is 0 Å². The smallest absolute Gasteiger partial charge is 0.293 e. The number of hydrogen-bond donors (Lipinski definition) is 1. The first kappa shape index (κ1) is 22.5. The zero-order valence-corrected chi connectivity index (χ0v) is 19.7. The molecule has 5 rings (SSSR count). The van der Waals surface area contributed by atoms with Gasteiger partial charge in [0.25, 0.3) is 5.69 Å². The maximum Gasteiger partial charge on any atom is 0.293 e. The van der Waals surface area contributed by atoms with E-state index in [1.165, 1.54) is 16.4 Å². The number of nitrogens with one attached hydrogen (secondary N) is 1. The number of nitrogens with zero attached hydrogens (tertiary/aromatic N) is 5. The van der Waals surface area contributed by atoms with E-state index in [1.54, 1.807) is 12.3 Å². The number of pyridine rings is 1. The highest BCUT2D eigenvalue weighted by Crippen LogP contribution is 2.35. The van der Waals surface area contributed by atoms with Gasteiger partial charge in [-0.3, -0.25) is 10.1 Å². The fourth-order valence-corrected chi connectivity index (χ4v) is 6.05. The monoisotopic (exact) mass is 482 g/mol. The fourth-order valence-electron chi connectivity index (χ4n) is 4.61. The Morgan fingerprint density at radius 2 is 1.91 bits per heavy atom. The van der Waals surface area contributed by atoms with Crippen molar-refractivity contribution in [2.45, 2.75) is 11.3 Å². The molecule has 0 bridgehead atoms. The van der Waals surface area contributed by atoms with Gasteiger partial charge in [0.15, 0.2) is 0 Å². The predicted octanol–water partition coefficient (Wildman–Crippen LogP) is 2.70. The summed E-state index contributed by atoms with van der Waals surface area (Å²) in [5.41, 5.74) is 3.31. The molecular formula is C23H26N6O4S. The first-order valence-electron chi connectivity index (χ1n) is 11.2. The van der Waals surface area contributed by atoms with Gasteiger partial charge in [0.05, 0.1) is 9.82 Å². The number of piperazine rings is 1. The van der Waals surface area contributed by atoms with E-state index < -0.39 is 14.9 Å². The van der Waals surface area contributed by atoms with Gasteiger partial charge in [0.1, 0.15) is 11.3 Å². The van der Waals surface area contributed by atoms with Gasteiger partial charge in [-0.15, -0.1) is 0 Å². The van der Waals surface area contributed by atoms with E-state index in [4.69, 9.17) is 0 Å². The minimum atomic E-state index is -3.79. The maximum absolute atomic E-state index is 13.1. The molecule has 1 N–H and O–H groups in total. The maximum atomic E-state index is 13.1. The molecule has 1 fully saturated rings. The van der Waals surface area contributed by atoms with Crippen molar-refractivity contribution in [2.75, 3.05) is 51.2 Å². The standard InChI is InChI=1S/C23H26N6O4S/c1-26-11-13-28(14-12-26)34(32,33)18-4-5-21(22(15-18)29(30)31)27-9-6-17(7-10-27)20-16-25-23-19(20)3-2-8-24-23/h2-6,8,15-16H,7,9-14H2,1H3,(H,24,25). The molecule has 4 heterocycles. The Labute approximate surface area is 197 Å². The van der Waals surface area contributed by atoms with Crippen LogP contribution < -0.4 is 4.90 Å². The lowest BCUT2D eigenvalue weighted by Gasteiger charge is -2.32. The largest absolute Gasteiger partial charge is 0.362 e. The van der Waals surface area contributed by atoms with Crippen LogP contribution in [-0.2, 0) is 10.0 Å². The van der Waals surface area contributed by atoms with Gasteiger partial charge < -0.3 is 14.8 Å². The van der Waals surface area contributed by atoms with E-state index in [9.17, 15) is 18.5 Å². The number of nitro benzene ring substituents is 1. The van der Waals surface area contributed by atoms with Crippen molar-refractivity contribution in [2.24, 2.45) is 0 Å². The topological polar surface area (TPSA) is 116 Å². The van der Waals surface area contributed by atoms with E-state index in [2.05, 4.69) is 20.9 Å². The molecule has 0 atom stereocenters. The SMILES string of the molecule is CN1CCN(S(=O)(=O)c2ccc(N3CC=C(c4c[nH]c5ncccc45)CC3)c([N+](=O)[O-])c2)CC1. The normalized spacial score (nSPS) is 18.3. The molecule has 34 heavy (non-hydrogen) atoms. The van der Waals surface area contributed by atoms with Crippen LogP contribution in [0.4, 0.5) is 11.4 Å². The molecule has 11 heteroatoms.